The van der Waals surface area contributed by atoms with Crippen molar-refractivity contribution in [3.63, 3.8) is 0 Å². The van der Waals surface area contributed by atoms with Crippen LogP contribution in [0, 0.1) is 18.3 Å². The van der Waals surface area contributed by atoms with Crippen LogP contribution >= 0.6 is 0 Å². The van der Waals surface area contributed by atoms with Crippen LogP contribution in [-0.2, 0) is 11.2 Å². The van der Waals surface area contributed by atoms with Crippen molar-refractivity contribution in [1.29, 1.82) is 5.26 Å². The number of anilines is 1. The van der Waals surface area contributed by atoms with Gasteiger partial charge < -0.3 is 4.90 Å². The van der Waals surface area contributed by atoms with Gasteiger partial charge in [-0.25, -0.2) is 0 Å². The van der Waals surface area contributed by atoms with Crippen LogP contribution < -0.4 is 4.90 Å². The largest absolute Gasteiger partial charge is 0.315 e. The van der Waals surface area contributed by atoms with Crippen LogP contribution in [0.15, 0.2) is 48.5 Å². The molecule has 0 saturated heterocycles. The third-order valence-electron chi connectivity index (χ3n) is 3.34. The Morgan fingerprint density at radius 1 is 1.20 bits per heavy atom. The van der Waals surface area contributed by atoms with Crippen molar-refractivity contribution in [3.8, 4) is 6.07 Å². The molecule has 2 aromatic rings. The van der Waals surface area contributed by atoms with Gasteiger partial charge in [-0.15, -0.1) is 0 Å². The molecule has 0 aliphatic heterocycles. The van der Waals surface area contributed by atoms with Crippen LogP contribution in [0.2, 0.25) is 0 Å². The minimum Gasteiger partial charge on any atom is -0.315 e. The first-order valence-corrected chi connectivity index (χ1v) is 6.43. The van der Waals surface area contributed by atoms with Gasteiger partial charge in [0.2, 0.25) is 5.91 Å². The zero-order chi connectivity index (χ0) is 14.5. The van der Waals surface area contributed by atoms with Gasteiger partial charge in [0, 0.05) is 12.7 Å². The lowest BCUT2D eigenvalue weighted by Crippen LogP contribution is -2.28. The summed E-state index contributed by atoms with van der Waals surface area (Å²) in [6.07, 6.45) is 0.361. The molecule has 0 saturated carbocycles. The van der Waals surface area contributed by atoms with E-state index in [9.17, 15) is 4.79 Å². The Morgan fingerprint density at radius 2 is 1.95 bits per heavy atom. The number of rotatable bonds is 3. The van der Waals surface area contributed by atoms with E-state index in [0.29, 0.717) is 12.0 Å². The van der Waals surface area contributed by atoms with Crippen LogP contribution in [0.25, 0.3) is 0 Å². The van der Waals surface area contributed by atoms with E-state index in [2.05, 4.69) is 6.07 Å². The summed E-state index contributed by atoms with van der Waals surface area (Å²) >= 11 is 0. The van der Waals surface area contributed by atoms with E-state index in [1.807, 2.05) is 37.3 Å². The molecule has 1 amide bonds. The van der Waals surface area contributed by atoms with Crippen molar-refractivity contribution in [2.45, 2.75) is 13.3 Å². The lowest BCUT2D eigenvalue weighted by molar-refractivity contribution is -0.117. The van der Waals surface area contributed by atoms with E-state index in [0.717, 1.165) is 16.8 Å². The molecule has 0 aliphatic carbocycles. The first kappa shape index (κ1) is 13.8. The predicted molar refractivity (Wildman–Crippen MR) is 79.5 cm³/mol. The van der Waals surface area contributed by atoms with Gasteiger partial charge in [0.25, 0.3) is 0 Å². The van der Waals surface area contributed by atoms with Gasteiger partial charge >= 0.3 is 0 Å². The molecule has 0 N–H and O–H groups in total. The summed E-state index contributed by atoms with van der Waals surface area (Å²) in [7, 11) is 1.73. The molecule has 0 aromatic heterocycles. The number of carbonyl (C=O) groups is 1. The maximum absolute atomic E-state index is 12.3. The van der Waals surface area contributed by atoms with Gasteiger partial charge in [-0.2, -0.15) is 5.26 Å². The van der Waals surface area contributed by atoms with Crippen molar-refractivity contribution in [2.75, 3.05) is 11.9 Å². The minimum atomic E-state index is 0.00869. The van der Waals surface area contributed by atoms with Crippen LogP contribution in [0.1, 0.15) is 16.7 Å². The number of hydrogen-bond acceptors (Lipinski definition) is 2. The summed E-state index contributed by atoms with van der Waals surface area (Å²) in [6.45, 7) is 2.00. The van der Waals surface area contributed by atoms with Gasteiger partial charge in [0.15, 0.2) is 0 Å². The maximum atomic E-state index is 12.3. The molecule has 3 heteroatoms. The zero-order valence-electron chi connectivity index (χ0n) is 11.6. The lowest BCUT2D eigenvalue weighted by Gasteiger charge is -2.18. The highest BCUT2D eigenvalue weighted by Gasteiger charge is 2.13. The fourth-order valence-corrected chi connectivity index (χ4v) is 2.02. The zero-order valence-corrected chi connectivity index (χ0v) is 11.6. The Bertz CT molecular complexity index is 671. The summed E-state index contributed by atoms with van der Waals surface area (Å²) in [5.41, 5.74) is 3.43. The molecule has 0 radical (unpaired) electrons. The molecular weight excluding hydrogens is 248 g/mol. The van der Waals surface area contributed by atoms with Crippen molar-refractivity contribution in [3.05, 3.63) is 65.2 Å². The molecule has 100 valence electrons. The second kappa shape index (κ2) is 6.03. The highest BCUT2D eigenvalue weighted by atomic mass is 16.2. The van der Waals surface area contributed by atoms with Crippen LogP contribution in [0.4, 0.5) is 5.69 Å². The average molecular weight is 264 g/mol. The predicted octanol–water partition coefficient (Wildman–Crippen LogP) is 3.07. The van der Waals surface area contributed by atoms with Gasteiger partial charge in [0.05, 0.1) is 18.1 Å². The smallest absolute Gasteiger partial charge is 0.231 e. The Hall–Kier alpha value is -2.60. The Kier molecular flexibility index (Phi) is 4.17. The molecule has 0 aliphatic rings. The van der Waals surface area contributed by atoms with Crippen LogP contribution in [0.5, 0.6) is 0 Å². The number of nitriles is 1. The van der Waals surface area contributed by atoms with Gasteiger partial charge in [-0.3, -0.25) is 4.79 Å². The third kappa shape index (κ3) is 3.04. The average Bonchev–Trinajstić information content (AvgIpc) is 2.48. The molecule has 0 heterocycles. The third-order valence-corrected chi connectivity index (χ3v) is 3.34. The normalized spacial score (nSPS) is 9.85. The van der Waals surface area contributed by atoms with Gasteiger partial charge in [0.1, 0.15) is 0 Å². The minimum absolute atomic E-state index is 0.00869. The van der Waals surface area contributed by atoms with E-state index in [4.69, 9.17) is 5.26 Å². The molecule has 0 fully saturated rings. The SMILES string of the molecule is Cc1ccccc1CC(=O)N(C)c1cccc(C#N)c1. The van der Waals surface area contributed by atoms with E-state index in [1.54, 1.807) is 30.1 Å². The standard InChI is InChI=1S/C17H16N2O/c1-13-6-3-4-8-15(13)11-17(20)19(2)16-9-5-7-14(10-16)12-18/h3-10H,11H2,1-2H3. The molecule has 2 rings (SSSR count). The Morgan fingerprint density at radius 3 is 2.65 bits per heavy atom. The number of carbonyl (C=O) groups excluding carboxylic acids is 1. The number of nitrogens with zero attached hydrogens (tertiary/aromatic N) is 2. The number of benzene rings is 2. The Labute approximate surface area is 119 Å². The van der Waals surface area contributed by atoms with Gasteiger partial charge in [-0.05, 0) is 36.2 Å². The molecule has 0 spiro atoms. The highest BCUT2D eigenvalue weighted by Crippen LogP contribution is 2.16. The molecule has 0 bridgehead atoms. The van der Waals surface area contributed by atoms with Crippen molar-refractivity contribution < 1.29 is 4.79 Å². The van der Waals surface area contributed by atoms with Crippen molar-refractivity contribution in [1.82, 2.24) is 0 Å². The molecule has 0 unspecified atom stereocenters. The van der Waals surface area contributed by atoms with E-state index < -0.39 is 0 Å². The summed E-state index contributed by atoms with van der Waals surface area (Å²) in [5.74, 6) is 0.00869. The number of hydrogen-bond donors (Lipinski definition) is 0. The lowest BCUT2D eigenvalue weighted by atomic mass is 10.1. The van der Waals surface area contributed by atoms with Crippen LogP contribution in [-0.4, -0.2) is 13.0 Å². The number of amides is 1. The first-order chi connectivity index (χ1) is 9.61. The van der Waals surface area contributed by atoms with E-state index in [1.165, 1.54) is 0 Å². The number of likely N-dealkylation sites (N-methyl/N-ethyl adjacent to an activating group) is 1. The highest BCUT2D eigenvalue weighted by molar-refractivity contribution is 5.94. The molecule has 2 aromatic carbocycles. The topological polar surface area (TPSA) is 44.1 Å². The maximum Gasteiger partial charge on any atom is 0.231 e. The Balaban J connectivity index is 2.17. The molecule has 20 heavy (non-hydrogen) atoms. The van der Waals surface area contributed by atoms with E-state index >= 15 is 0 Å². The molecule has 3 nitrogen and oxygen atoms in total. The van der Waals surface area contributed by atoms with Crippen molar-refractivity contribution >= 4 is 11.6 Å². The van der Waals surface area contributed by atoms with Gasteiger partial charge in [-0.1, -0.05) is 30.3 Å². The van der Waals surface area contributed by atoms with Crippen LogP contribution in [0.3, 0.4) is 0 Å². The second-order valence-electron chi connectivity index (χ2n) is 4.72. The fraction of sp³-hybridized carbons (Fsp3) is 0.176. The van der Waals surface area contributed by atoms with E-state index in [-0.39, 0.29) is 5.91 Å². The summed E-state index contributed by atoms with van der Waals surface area (Å²) < 4.78 is 0. The summed E-state index contributed by atoms with van der Waals surface area (Å²) in [5, 5.41) is 8.90. The number of aryl methyl sites for hydroxylation is 1. The second-order valence-corrected chi connectivity index (χ2v) is 4.72. The summed E-state index contributed by atoms with van der Waals surface area (Å²) in [4.78, 5) is 13.9. The van der Waals surface area contributed by atoms with Crippen molar-refractivity contribution in [2.24, 2.45) is 0 Å². The fourth-order valence-electron chi connectivity index (χ4n) is 2.02. The quantitative estimate of drug-likeness (QED) is 0.855. The first-order valence-electron chi connectivity index (χ1n) is 6.43. The monoisotopic (exact) mass is 264 g/mol. The molecular formula is C17H16N2O. The molecule has 0 atom stereocenters. The summed E-state index contributed by atoms with van der Waals surface area (Å²) in [6, 6.07) is 17.0.